The van der Waals surface area contributed by atoms with Crippen molar-refractivity contribution >= 4 is 5.82 Å². The Morgan fingerprint density at radius 2 is 2.11 bits per heavy atom. The normalized spacial score (nSPS) is 16.9. The number of hydrogen-bond donors (Lipinski definition) is 1. The van der Waals surface area contributed by atoms with Crippen LogP contribution in [0.4, 0.5) is 5.82 Å². The molecule has 1 aliphatic carbocycles. The minimum atomic E-state index is 0.0814. The van der Waals surface area contributed by atoms with E-state index in [9.17, 15) is 0 Å². The Morgan fingerprint density at radius 3 is 2.67 bits per heavy atom. The Hall–Kier alpha value is -1.09. The van der Waals surface area contributed by atoms with Gasteiger partial charge in [0.05, 0.1) is 0 Å². The molecule has 1 aromatic rings. The third kappa shape index (κ3) is 3.45. The molecule has 1 heterocycles. The summed E-state index contributed by atoms with van der Waals surface area (Å²) in [5.41, 5.74) is 7.13. The minimum Gasteiger partial charge on any atom is -0.354 e. The van der Waals surface area contributed by atoms with Gasteiger partial charge < -0.3 is 10.6 Å². The van der Waals surface area contributed by atoms with E-state index < -0.39 is 0 Å². The van der Waals surface area contributed by atoms with Crippen molar-refractivity contribution in [3.8, 4) is 0 Å². The van der Waals surface area contributed by atoms with E-state index in [1.54, 1.807) is 0 Å². The summed E-state index contributed by atoms with van der Waals surface area (Å²) in [5.74, 6) is 1.84. The maximum absolute atomic E-state index is 5.95. The van der Waals surface area contributed by atoms with Crippen LogP contribution >= 0.6 is 0 Å². The largest absolute Gasteiger partial charge is 0.354 e. The number of rotatable bonds is 6. The predicted octanol–water partition coefficient (Wildman–Crippen LogP) is 3.12. The molecule has 0 bridgehead atoms. The highest BCUT2D eigenvalue weighted by molar-refractivity contribution is 5.44. The number of pyridine rings is 1. The van der Waals surface area contributed by atoms with Crippen molar-refractivity contribution in [1.29, 1.82) is 0 Å². The van der Waals surface area contributed by atoms with Crippen LogP contribution in [0.25, 0.3) is 0 Å². The van der Waals surface area contributed by atoms with E-state index in [0.29, 0.717) is 6.04 Å². The first-order valence-corrected chi connectivity index (χ1v) is 7.06. The molecule has 0 saturated heterocycles. The molecule has 0 radical (unpaired) electrons. The smallest absolute Gasteiger partial charge is 0.129 e. The SMILES string of the molecule is CC(C)CCN(c1cc([C@@H](C)N)ccn1)C1CC1. The summed E-state index contributed by atoms with van der Waals surface area (Å²) >= 11 is 0. The lowest BCUT2D eigenvalue weighted by Crippen LogP contribution is -2.28. The maximum atomic E-state index is 5.95. The number of aromatic nitrogens is 1. The highest BCUT2D eigenvalue weighted by Crippen LogP contribution is 2.31. The second kappa shape index (κ2) is 5.70. The van der Waals surface area contributed by atoms with Crippen molar-refractivity contribution < 1.29 is 0 Å². The molecule has 0 unspecified atom stereocenters. The third-order valence-electron chi connectivity index (χ3n) is 3.52. The van der Waals surface area contributed by atoms with Crippen molar-refractivity contribution in [3.63, 3.8) is 0 Å². The van der Waals surface area contributed by atoms with Crippen LogP contribution < -0.4 is 10.6 Å². The van der Waals surface area contributed by atoms with E-state index in [4.69, 9.17) is 5.73 Å². The van der Waals surface area contributed by atoms with Gasteiger partial charge in [-0.1, -0.05) is 13.8 Å². The summed E-state index contributed by atoms with van der Waals surface area (Å²) in [6, 6.07) is 4.96. The molecule has 0 amide bonds. The fourth-order valence-corrected chi connectivity index (χ4v) is 2.14. The van der Waals surface area contributed by atoms with Crippen molar-refractivity contribution in [2.75, 3.05) is 11.4 Å². The van der Waals surface area contributed by atoms with Crippen LogP contribution in [0.15, 0.2) is 18.3 Å². The molecule has 2 N–H and O–H groups in total. The van der Waals surface area contributed by atoms with Crippen LogP contribution in [0.3, 0.4) is 0 Å². The van der Waals surface area contributed by atoms with Gasteiger partial charge in [0.15, 0.2) is 0 Å². The summed E-state index contributed by atoms with van der Waals surface area (Å²) in [6.07, 6.45) is 5.73. The van der Waals surface area contributed by atoms with Crippen molar-refractivity contribution in [2.24, 2.45) is 11.7 Å². The van der Waals surface area contributed by atoms with Crippen molar-refractivity contribution in [1.82, 2.24) is 4.98 Å². The Kier molecular flexibility index (Phi) is 4.23. The van der Waals surface area contributed by atoms with E-state index in [1.807, 2.05) is 19.2 Å². The predicted molar refractivity (Wildman–Crippen MR) is 76.7 cm³/mol. The Morgan fingerprint density at radius 1 is 1.39 bits per heavy atom. The Bertz CT molecular complexity index is 383. The maximum Gasteiger partial charge on any atom is 0.129 e. The van der Waals surface area contributed by atoms with Gasteiger partial charge in [-0.05, 0) is 49.8 Å². The van der Waals surface area contributed by atoms with Crippen LogP contribution in [0, 0.1) is 5.92 Å². The van der Waals surface area contributed by atoms with Crippen molar-refractivity contribution in [2.45, 2.75) is 52.1 Å². The average molecular weight is 247 g/mol. The van der Waals surface area contributed by atoms with E-state index in [1.165, 1.54) is 24.8 Å². The summed E-state index contributed by atoms with van der Waals surface area (Å²) in [4.78, 5) is 7.00. The first kappa shape index (κ1) is 13.3. The summed E-state index contributed by atoms with van der Waals surface area (Å²) in [6.45, 7) is 7.68. The molecule has 1 saturated carbocycles. The molecule has 1 fully saturated rings. The molecular formula is C15H25N3. The topological polar surface area (TPSA) is 42.1 Å². The first-order chi connectivity index (χ1) is 8.58. The number of hydrogen-bond acceptors (Lipinski definition) is 3. The molecule has 100 valence electrons. The minimum absolute atomic E-state index is 0.0814. The molecule has 2 rings (SSSR count). The first-order valence-electron chi connectivity index (χ1n) is 7.06. The van der Waals surface area contributed by atoms with Gasteiger partial charge >= 0.3 is 0 Å². The lowest BCUT2D eigenvalue weighted by atomic mass is 10.1. The second-order valence-electron chi connectivity index (χ2n) is 5.84. The Labute approximate surface area is 110 Å². The lowest BCUT2D eigenvalue weighted by Gasteiger charge is -2.25. The quantitative estimate of drug-likeness (QED) is 0.840. The summed E-state index contributed by atoms with van der Waals surface area (Å²) < 4.78 is 0. The van der Waals surface area contributed by atoms with Gasteiger partial charge in [-0.3, -0.25) is 0 Å². The molecular weight excluding hydrogens is 222 g/mol. The summed E-state index contributed by atoms with van der Waals surface area (Å²) in [7, 11) is 0. The van der Waals surface area contributed by atoms with E-state index in [0.717, 1.165) is 18.3 Å². The van der Waals surface area contributed by atoms with Gasteiger partial charge in [-0.25, -0.2) is 4.98 Å². The molecule has 1 atom stereocenters. The third-order valence-corrected chi connectivity index (χ3v) is 3.52. The molecule has 1 aromatic heterocycles. The molecule has 0 spiro atoms. The van der Waals surface area contributed by atoms with Gasteiger partial charge in [0, 0.05) is 24.8 Å². The Balaban J connectivity index is 2.12. The van der Waals surface area contributed by atoms with Crippen molar-refractivity contribution in [3.05, 3.63) is 23.9 Å². The zero-order valence-electron chi connectivity index (χ0n) is 11.8. The zero-order chi connectivity index (χ0) is 13.1. The second-order valence-corrected chi connectivity index (χ2v) is 5.84. The van der Waals surface area contributed by atoms with Crippen LogP contribution in [0.1, 0.15) is 51.6 Å². The van der Waals surface area contributed by atoms with E-state index in [2.05, 4.69) is 29.8 Å². The highest BCUT2D eigenvalue weighted by Gasteiger charge is 2.29. The average Bonchev–Trinajstić information content (AvgIpc) is 3.14. The molecule has 0 aromatic carbocycles. The number of anilines is 1. The summed E-state index contributed by atoms with van der Waals surface area (Å²) in [5, 5.41) is 0. The van der Waals surface area contributed by atoms with E-state index >= 15 is 0 Å². The van der Waals surface area contributed by atoms with E-state index in [-0.39, 0.29) is 6.04 Å². The van der Waals surface area contributed by atoms with Gasteiger partial charge in [0.25, 0.3) is 0 Å². The van der Waals surface area contributed by atoms with Gasteiger partial charge in [0.2, 0.25) is 0 Å². The van der Waals surface area contributed by atoms with Crippen LogP contribution in [0.5, 0.6) is 0 Å². The number of nitrogens with two attached hydrogens (primary N) is 1. The van der Waals surface area contributed by atoms with Gasteiger partial charge in [0.1, 0.15) is 5.82 Å². The fourth-order valence-electron chi connectivity index (χ4n) is 2.14. The molecule has 3 nitrogen and oxygen atoms in total. The fraction of sp³-hybridized carbons (Fsp3) is 0.667. The number of nitrogens with zero attached hydrogens (tertiary/aromatic N) is 2. The monoisotopic (exact) mass is 247 g/mol. The van der Waals surface area contributed by atoms with Crippen LogP contribution in [0.2, 0.25) is 0 Å². The lowest BCUT2D eigenvalue weighted by molar-refractivity contribution is 0.568. The molecule has 18 heavy (non-hydrogen) atoms. The van der Waals surface area contributed by atoms with Crippen LogP contribution in [-0.4, -0.2) is 17.6 Å². The molecule has 1 aliphatic rings. The highest BCUT2D eigenvalue weighted by atomic mass is 15.2. The standard InChI is InChI=1S/C15H25N3/c1-11(2)7-9-18(14-4-5-14)15-10-13(12(3)16)6-8-17-15/h6,8,10-12,14H,4-5,7,9,16H2,1-3H3/t12-/m1/s1. The van der Waals surface area contributed by atoms with Gasteiger partial charge in [-0.15, -0.1) is 0 Å². The van der Waals surface area contributed by atoms with Gasteiger partial charge in [-0.2, -0.15) is 0 Å². The zero-order valence-corrected chi connectivity index (χ0v) is 11.8. The molecule has 3 heteroatoms. The molecule has 0 aliphatic heterocycles. The van der Waals surface area contributed by atoms with Crippen LogP contribution in [-0.2, 0) is 0 Å².